The number of carbonyl (C=O) groups is 2. The first kappa shape index (κ1) is 22.2. The molecular weight excluding hydrogens is 447 g/mol. The van der Waals surface area contributed by atoms with Crippen LogP contribution in [0.2, 0.25) is 0 Å². The standard InChI is InChI=1S/C23H27FN4O4S/c1-13-6-15(4-5-16(13)24)25-21(29)19-20-18(9-27(19)3)33-26-17-8-28(7-14(17)10-32-20)22(30)23(2)11-31-12-23/h4-6,9,14,17,26H,7-8,10-12H2,1-3H3,(H,25,29)/t14-,17+/m1/s1. The molecule has 3 aliphatic heterocycles. The number of nitrogens with one attached hydrogen (secondary N) is 2. The highest BCUT2D eigenvalue weighted by Gasteiger charge is 2.47. The van der Waals surface area contributed by atoms with Crippen molar-refractivity contribution in [3.05, 3.63) is 41.5 Å². The second-order valence-corrected chi connectivity index (χ2v) is 10.2. The summed E-state index contributed by atoms with van der Waals surface area (Å²) in [5.74, 6) is 0.0909. The molecule has 3 aliphatic rings. The molecule has 0 aliphatic carbocycles. The zero-order valence-corrected chi connectivity index (χ0v) is 19.6. The number of aromatic nitrogens is 1. The van der Waals surface area contributed by atoms with E-state index >= 15 is 0 Å². The molecule has 0 radical (unpaired) electrons. The number of anilines is 1. The minimum Gasteiger partial charge on any atom is -0.489 e. The van der Waals surface area contributed by atoms with Gasteiger partial charge in [0.15, 0.2) is 11.4 Å². The number of hydrogen-bond donors (Lipinski definition) is 2. The van der Waals surface area contributed by atoms with Crippen molar-refractivity contribution in [2.45, 2.75) is 24.8 Å². The molecule has 1 aromatic heterocycles. The molecule has 0 saturated carbocycles. The molecule has 2 saturated heterocycles. The molecule has 2 fully saturated rings. The minimum absolute atomic E-state index is 0.0939. The molecule has 0 bridgehead atoms. The summed E-state index contributed by atoms with van der Waals surface area (Å²) in [6, 6.07) is 4.56. The zero-order chi connectivity index (χ0) is 23.3. The van der Waals surface area contributed by atoms with Crippen LogP contribution in [0.5, 0.6) is 5.75 Å². The predicted octanol–water partition coefficient (Wildman–Crippen LogP) is 2.58. The Balaban J connectivity index is 1.31. The SMILES string of the molecule is Cc1cc(NC(=O)c2c3c(cn2C)SN[C@H]2CN(C(=O)C4(C)COC4)C[C@@H]2CO3)ccc1F. The Bertz CT molecular complexity index is 1120. The second kappa shape index (κ2) is 8.34. The summed E-state index contributed by atoms with van der Waals surface area (Å²) in [4.78, 5) is 28.7. The Kier molecular flexibility index (Phi) is 5.62. The molecule has 2 aromatic rings. The third-order valence-electron chi connectivity index (χ3n) is 6.58. The van der Waals surface area contributed by atoms with E-state index in [9.17, 15) is 14.0 Å². The van der Waals surface area contributed by atoms with Crippen LogP contribution in [-0.2, 0) is 16.6 Å². The van der Waals surface area contributed by atoms with Crippen LogP contribution in [0.3, 0.4) is 0 Å². The summed E-state index contributed by atoms with van der Waals surface area (Å²) in [6.45, 7) is 6.14. The van der Waals surface area contributed by atoms with Gasteiger partial charge in [-0.15, -0.1) is 0 Å². The molecule has 0 unspecified atom stereocenters. The maximum absolute atomic E-state index is 13.6. The molecule has 2 atom stereocenters. The number of fused-ring (bicyclic) bond motifs is 2. The number of halogens is 1. The molecule has 10 heteroatoms. The van der Waals surface area contributed by atoms with Crippen molar-refractivity contribution in [1.82, 2.24) is 14.2 Å². The van der Waals surface area contributed by atoms with Crippen LogP contribution in [0.1, 0.15) is 23.0 Å². The molecule has 33 heavy (non-hydrogen) atoms. The fourth-order valence-corrected chi connectivity index (χ4v) is 5.55. The molecule has 2 N–H and O–H groups in total. The molecule has 5 rings (SSSR count). The zero-order valence-electron chi connectivity index (χ0n) is 18.8. The number of hydrogen-bond acceptors (Lipinski definition) is 6. The van der Waals surface area contributed by atoms with E-state index in [4.69, 9.17) is 9.47 Å². The quantitative estimate of drug-likeness (QED) is 0.666. The van der Waals surface area contributed by atoms with Gasteiger partial charge in [0.2, 0.25) is 5.91 Å². The number of likely N-dealkylation sites (tertiary alicyclic amines) is 1. The summed E-state index contributed by atoms with van der Waals surface area (Å²) in [7, 11) is 1.79. The predicted molar refractivity (Wildman–Crippen MR) is 122 cm³/mol. The average molecular weight is 475 g/mol. The lowest BCUT2D eigenvalue weighted by atomic mass is 9.87. The lowest BCUT2D eigenvalue weighted by Crippen LogP contribution is -2.53. The van der Waals surface area contributed by atoms with E-state index in [-0.39, 0.29) is 29.6 Å². The van der Waals surface area contributed by atoms with Gasteiger partial charge in [-0.1, -0.05) is 0 Å². The van der Waals surface area contributed by atoms with Crippen LogP contribution in [0.15, 0.2) is 29.3 Å². The normalized spacial score (nSPS) is 23.5. The highest BCUT2D eigenvalue weighted by atomic mass is 32.2. The van der Waals surface area contributed by atoms with Crippen molar-refractivity contribution in [1.29, 1.82) is 0 Å². The number of rotatable bonds is 3. The van der Waals surface area contributed by atoms with Gasteiger partial charge in [0.25, 0.3) is 5.91 Å². The fraction of sp³-hybridized carbons (Fsp3) is 0.478. The monoisotopic (exact) mass is 474 g/mol. The van der Waals surface area contributed by atoms with Crippen molar-refractivity contribution in [3.8, 4) is 5.75 Å². The Hall–Kier alpha value is -2.56. The molecule has 2 amide bonds. The van der Waals surface area contributed by atoms with E-state index in [0.29, 0.717) is 55.6 Å². The first-order chi connectivity index (χ1) is 15.7. The Morgan fingerprint density at radius 2 is 2.09 bits per heavy atom. The van der Waals surface area contributed by atoms with Crippen LogP contribution in [0.25, 0.3) is 0 Å². The van der Waals surface area contributed by atoms with Crippen LogP contribution in [0, 0.1) is 24.1 Å². The first-order valence-electron chi connectivity index (χ1n) is 10.9. The van der Waals surface area contributed by atoms with Crippen LogP contribution in [0.4, 0.5) is 10.1 Å². The van der Waals surface area contributed by atoms with Gasteiger partial charge in [-0.3, -0.25) is 14.3 Å². The lowest BCUT2D eigenvalue weighted by Gasteiger charge is -2.39. The van der Waals surface area contributed by atoms with Crippen molar-refractivity contribution < 1.29 is 23.5 Å². The van der Waals surface area contributed by atoms with Crippen LogP contribution >= 0.6 is 11.9 Å². The maximum Gasteiger partial charge on any atom is 0.276 e. The third kappa shape index (κ3) is 4.00. The average Bonchev–Trinajstić information content (AvgIpc) is 3.29. The van der Waals surface area contributed by atoms with Gasteiger partial charge in [0.05, 0.1) is 30.1 Å². The summed E-state index contributed by atoms with van der Waals surface area (Å²) >= 11 is 1.42. The second-order valence-electron chi connectivity index (χ2n) is 9.36. The summed E-state index contributed by atoms with van der Waals surface area (Å²) < 4.78 is 30.2. The van der Waals surface area contributed by atoms with Crippen LogP contribution in [-0.4, -0.2) is 60.2 Å². The van der Waals surface area contributed by atoms with Gasteiger partial charge in [-0.2, -0.15) is 0 Å². The maximum atomic E-state index is 13.6. The number of carbonyl (C=O) groups excluding carboxylic acids is 2. The molecule has 176 valence electrons. The Morgan fingerprint density at radius 3 is 2.79 bits per heavy atom. The molecule has 1 aromatic carbocycles. The third-order valence-corrected chi connectivity index (χ3v) is 7.51. The van der Waals surface area contributed by atoms with Gasteiger partial charge in [0.1, 0.15) is 5.82 Å². The molecule has 4 heterocycles. The van der Waals surface area contributed by atoms with Crippen molar-refractivity contribution in [2.75, 3.05) is 38.2 Å². The summed E-state index contributed by atoms with van der Waals surface area (Å²) in [5.41, 5.74) is 0.940. The van der Waals surface area contributed by atoms with Gasteiger partial charge in [-0.25, -0.2) is 4.39 Å². The molecule has 8 nitrogen and oxygen atoms in total. The van der Waals surface area contributed by atoms with E-state index in [1.54, 1.807) is 24.6 Å². The van der Waals surface area contributed by atoms with Crippen molar-refractivity contribution >= 4 is 29.4 Å². The largest absolute Gasteiger partial charge is 0.489 e. The lowest BCUT2D eigenvalue weighted by molar-refractivity contribution is -0.167. The van der Waals surface area contributed by atoms with E-state index in [1.807, 2.05) is 18.0 Å². The van der Waals surface area contributed by atoms with Gasteiger partial charge in [0, 0.05) is 44.0 Å². The summed E-state index contributed by atoms with van der Waals surface area (Å²) in [6.07, 6.45) is 1.85. The number of amides is 2. The molecular formula is C23H27FN4O4S. The van der Waals surface area contributed by atoms with E-state index in [0.717, 1.165) is 4.90 Å². The number of nitrogens with zero attached hydrogens (tertiary/aromatic N) is 2. The van der Waals surface area contributed by atoms with E-state index in [1.165, 1.54) is 24.1 Å². The topological polar surface area (TPSA) is 84.8 Å². The van der Waals surface area contributed by atoms with Gasteiger partial charge < -0.3 is 24.3 Å². The highest BCUT2D eigenvalue weighted by molar-refractivity contribution is 7.97. The van der Waals surface area contributed by atoms with E-state index < -0.39 is 5.41 Å². The van der Waals surface area contributed by atoms with Crippen molar-refractivity contribution in [3.63, 3.8) is 0 Å². The number of ether oxygens (including phenoxy) is 2. The van der Waals surface area contributed by atoms with Crippen molar-refractivity contribution in [2.24, 2.45) is 18.4 Å². The Morgan fingerprint density at radius 1 is 1.30 bits per heavy atom. The Labute approximate surface area is 195 Å². The first-order valence-corrected chi connectivity index (χ1v) is 11.8. The highest BCUT2D eigenvalue weighted by Crippen LogP contribution is 2.38. The minimum atomic E-state index is -0.429. The molecule has 0 spiro atoms. The smallest absolute Gasteiger partial charge is 0.276 e. The summed E-state index contributed by atoms with van der Waals surface area (Å²) in [5, 5.41) is 2.84. The van der Waals surface area contributed by atoms with Gasteiger partial charge >= 0.3 is 0 Å². The fourth-order valence-electron chi connectivity index (χ4n) is 4.55. The van der Waals surface area contributed by atoms with E-state index in [2.05, 4.69) is 10.0 Å². The van der Waals surface area contributed by atoms with Gasteiger partial charge in [-0.05, 0) is 49.6 Å². The number of benzene rings is 1. The number of aryl methyl sites for hydroxylation is 2. The van der Waals surface area contributed by atoms with Crippen LogP contribution < -0.4 is 14.8 Å².